The van der Waals surface area contributed by atoms with E-state index in [0.717, 1.165) is 20.4 Å². The fraction of sp³-hybridized carbons (Fsp3) is 0.273. The van der Waals surface area contributed by atoms with Crippen LogP contribution in [0.5, 0.6) is 0 Å². The largest absolute Gasteiger partial charge is 0.480 e. The number of aliphatic carboxylic acids is 1. The first-order valence-corrected chi connectivity index (χ1v) is 12.5. The van der Waals surface area contributed by atoms with Crippen LogP contribution in [0, 0.1) is 6.92 Å². The molecular weight excluding hydrogens is 448 g/mol. The zero-order valence-electron chi connectivity index (χ0n) is 17.8. The molecule has 0 aliphatic rings. The first-order chi connectivity index (χ1) is 15.1. The average Bonchev–Trinajstić information content (AvgIpc) is 3.32. The molecule has 0 bridgehead atoms. The van der Waals surface area contributed by atoms with Crippen molar-refractivity contribution in [2.24, 2.45) is 0 Å². The Morgan fingerprint density at radius 3 is 2.69 bits per heavy atom. The Bertz CT molecular complexity index is 1420. The number of aryl methyl sites for hydroxylation is 1. The summed E-state index contributed by atoms with van der Waals surface area (Å²) in [7, 11) is -3.57. The van der Waals surface area contributed by atoms with E-state index in [4.69, 9.17) is 5.11 Å². The van der Waals surface area contributed by atoms with Crippen molar-refractivity contribution in [2.75, 3.05) is 0 Å². The molecule has 0 spiro atoms. The lowest BCUT2D eigenvalue weighted by molar-refractivity contribution is -0.138. The van der Waals surface area contributed by atoms with Gasteiger partial charge in [0.2, 0.25) is 5.82 Å². The molecule has 0 aliphatic heterocycles. The maximum absolute atomic E-state index is 13.3. The number of hydrogen-bond acceptors (Lipinski definition) is 7. The molecule has 0 saturated heterocycles. The third kappa shape index (κ3) is 4.42. The van der Waals surface area contributed by atoms with E-state index in [1.54, 1.807) is 24.3 Å². The molecule has 0 unspecified atom stereocenters. The van der Waals surface area contributed by atoms with Gasteiger partial charge >= 0.3 is 5.97 Å². The first kappa shape index (κ1) is 22.1. The molecule has 2 aromatic carbocycles. The van der Waals surface area contributed by atoms with E-state index in [-0.39, 0.29) is 11.6 Å². The molecule has 166 valence electrons. The highest BCUT2D eigenvalue weighted by molar-refractivity contribution is 7.93. The molecule has 8 nitrogen and oxygen atoms in total. The third-order valence-corrected chi connectivity index (χ3v) is 8.80. The van der Waals surface area contributed by atoms with Crippen molar-refractivity contribution in [1.29, 1.82) is 0 Å². The number of benzene rings is 2. The molecule has 0 amide bonds. The molecule has 1 N–H and O–H groups in total. The predicted molar refractivity (Wildman–Crippen MR) is 122 cm³/mol. The number of rotatable bonds is 7. The van der Waals surface area contributed by atoms with Crippen LogP contribution >= 0.6 is 11.3 Å². The van der Waals surface area contributed by atoms with Gasteiger partial charge in [0.1, 0.15) is 4.21 Å². The van der Waals surface area contributed by atoms with Crippen LogP contribution in [-0.4, -0.2) is 39.7 Å². The number of thiophene rings is 1. The van der Waals surface area contributed by atoms with Crippen LogP contribution in [0.3, 0.4) is 0 Å². The van der Waals surface area contributed by atoms with Crippen LogP contribution in [0.4, 0.5) is 0 Å². The highest BCUT2D eigenvalue weighted by atomic mass is 32.2. The number of carbonyl (C=O) groups is 1. The Kier molecular flexibility index (Phi) is 5.83. The van der Waals surface area contributed by atoms with E-state index in [0.29, 0.717) is 21.3 Å². The maximum atomic E-state index is 13.3. The summed E-state index contributed by atoms with van der Waals surface area (Å²) in [6, 6.07) is 13.0. The van der Waals surface area contributed by atoms with E-state index in [1.807, 2.05) is 19.1 Å². The van der Waals surface area contributed by atoms with Crippen molar-refractivity contribution >= 4 is 37.2 Å². The summed E-state index contributed by atoms with van der Waals surface area (Å²) < 4.78 is 27.9. The summed E-state index contributed by atoms with van der Waals surface area (Å²) in [5.41, 5.74) is 3.13. The molecule has 4 rings (SSSR count). The number of sulfone groups is 1. The van der Waals surface area contributed by atoms with Crippen molar-refractivity contribution < 1.29 is 18.3 Å². The number of fused-ring (bicyclic) bond motifs is 1. The molecule has 0 fully saturated rings. The number of nitrogens with zero attached hydrogens (tertiary/aromatic N) is 4. The smallest absolute Gasteiger partial charge is 0.327 e. The Morgan fingerprint density at radius 1 is 1.19 bits per heavy atom. The Morgan fingerprint density at radius 2 is 1.97 bits per heavy atom. The van der Waals surface area contributed by atoms with Crippen molar-refractivity contribution in [3.8, 4) is 11.4 Å². The Labute approximate surface area is 189 Å². The maximum Gasteiger partial charge on any atom is 0.327 e. The molecule has 0 aliphatic carbocycles. The second-order valence-electron chi connectivity index (χ2n) is 7.92. The van der Waals surface area contributed by atoms with Gasteiger partial charge in [-0.1, -0.05) is 38.1 Å². The van der Waals surface area contributed by atoms with Crippen molar-refractivity contribution in [1.82, 2.24) is 20.2 Å². The van der Waals surface area contributed by atoms with Crippen LogP contribution < -0.4 is 0 Å². The normalized spacial score (nSPS) is 12.0. The highest BCUT2D eigenvalue weighted by Crippen LogP contribution is 2.37. The fourth-order valence-electron chi connectivity index (χ4n) is 3.50. The fourth-order valence-corrected chi connectivity index (χ4v) is 6.70. The lowest BCUT2D eigenvalue weighted by Crippen LogP contribution is -2.11. The van der Waals surface area contributed by atoms with Gasteiger partial charge in [0.15, 0.2) is 16.4 Å². The number of carboxylic acid groups (broad SMARTS) is 1. The van der Waals surface area contributed by atoms with Gasteiger partial charge in [0.05, 0.1) is 5.75 Å². The molecule has 4 aromatic rings. The summed E-state index contributed by atoms with van der Waals surface area (Å²) in [5.74, 6) is -0.629. The molecule has 32 heavy (non-hydrogen) atoms. The molecule has 0 saturated carbocycles. The van der Waals surface area contributed by atoms with E-state index >= 15 is 0 Å². The highest BCUT2D eigenvalue weighted by Gasteiger charge is 2.23. The van der Waals surface area contributed by atoms with Crippen molar-refractivity contribution in [3.05, 3.63) is 59.2 Å². The second-order valence-corrected chi connectivity index (χ2v) is 11.2. The standard InChI is InChI=1S/C22H22N4O4S2/c1-13(2)16-7-8-19-18(10-16)14(3)22(31-19)32(29,30)12-15-5-4-6-17(9-15)21-23-25-26(24-21)11-20(27)28/h4-10,13H,11-12H2,1-3H3,(H,27,28). The van der Waals surface area contributed by atoms with E-state index in [9.17, 15) is 13.2 Å². The number of aromatic nitrogens is 4. The summed E-state index contributed by atoms with van der Waals surface area (Å²) >= 11 is 1.30. The van der Waals surface area contributed by atoms with Gasteiger partial charge < -0.3 is 5.11 Å². The lowest BCUT2D eigenvalue weighted by atomic mass is 10.0. The van der Waals surface area contributed by atoms with Crippen molar-refractivity contribution in [2.45, 2.75) is 43.2 Å². The van der Waals surface area contributed by atoms with Crippen LogP contribution in [0.15, 0.2) is 46.7 Å². The third-order valence-electron chi connectivity index (χ3n) is 5.14. The SMILES string of the molecule is Cc1c(S(=O)(=O)Cc2cccc(-c3nnn(CC(=O)O)n3)c2)sc2ccc(C(C)C)cc12. The minimum absolute atomic E-state index is 0.158. The van der Waals surface area contributed by atoms with Crippen LogP contribution in [0.25, 0.3) is 21.5 Å². The summed E-state index contributed by atoms with van der Waals surface area (Å²) in [5, 5.41) is 21.5. The van der Waals surface area contributed by atoms with E-state index in [2.05, 4.69) is 35.3 Å². The zero-order valence-corrected chi connectivity index (χ0v) is 19.4. The van der Waals surface area contributed by atoms with Gasteiger partial charge in [-0.25, -0.2) is 8.42 Å². The Balaban J connectivity index is 1.64. The van der Waals surface area contributed by atoms with Crippen LogP contribution in [-0.2, 0) is 26.9 Å². The van der Waals surface area contributed by atoms with Gasteiger partial charge in [0, 0.05) is 10.3 Å². The number of carboxylic acids is 1. The van der Waals surface area contributed by atoms with Gasteiger partial charge in [-0.05, 0) is 58.3 Å². The lowest BCUT2D eigenvalue weighted by Gasteiger charge is -2.06. The predicted octanol–water partition coefficient (Wildman–Crippen LogP) is 4.05. The molecule has 0 atom stereocenters. The van der Waals surface area contributed by atoms with Gasteiger partial charge in [-0.15, -0.1) is 21.5 Å². The quantitative estimate of drug-likeness (QED) is 0.433. The topological polar surface area (TPSA) is 115 Å². The molecule has 2 heterocycles. The minimum Gasteiger partial charge on any atom is -0.480 e. The first-order valence-electron chi connectivity index (χ1n) is 9.99. The molecule has 0 radical (unpaired) electrons. The van der Waals surface area contributed by atoms with E-state index < -0.39 is 22.4 Å². The second kappa shape index (κ2) is 8.44. The van der Waals surface area contributed by atoms with Crippen LogP contribution in [0.2, 0.25) is 0 Å². The summed E-state index contributed by atoms with van der Waals surface area (Å²) in [6.07, 6.45) is 0. The van der Waals surface area contributed by atoms with Gasteiger partial charge in [-0.3, -0.25) is 4.79 Å². The molecule has 10 heteroatoms. The van der Waals surface area contributed by atoms with Gasteiger partial charge in [0.25, 0.3) is 0 Å². The minimum atomic E-state index is -3.57. The van der Waals surface area contributed by atoms with Gasteiger partial charge in [-0.2, -0.15) is 4.80 Å². The molecule has 2 aromatic heterocycles. The van der Waals surface area contributed by atoms with Crippen LogP contribution in [0.1, 0.15) is 36.5 Å². The number of hydrogen-bond donors (Lipinski definition) is 1. The zero-order chi connectivity index (χ0) is 23.0. The van der Waals surface area contributed by atoms with Crippen molar-refractivity contribution in [3.63, 3.8) is 0 Å². The Hall–Kier alpha value is -3.11. The number of tetrazole rings is 1. The summed E-state index contributed by atoms with van der Waals surface area (Å²) in [4.78, 5) is 11.8. The molecular formula is C22H22N4O4S2. The average molecular weight is 471 g/mol. The summed E-state index contributed by atoms with van der Waals surface area (Å²) in [6.45, 7) is 5.69. The van der Waals surface area contributed by atoms with E-state index in [1.165, 1.54) is 16.9 Å². The monoisotopic (exact) mass is 470 g/mol.